The molecular formula is C42H43F3N8O4. The normalized spacial score (nSPS) is 21.0. The number of halogens is 3. The minimum atomic E-state index is -4.64. The van der Waals surface area contributed by atoms with Gasteiger partial charge in [0.05, 0.1) is 34.7 Å². The first kappa shape index (κ1) is 38.1. The molecule has 0 spiro atoms. The number of nitrogens with zero attached hydrogens (tertiary/aromatic N) is 6. The van der Waals surface area contributed by atoms with Crippen molar-refractivity contribution in [2.45, 2.75) is 76.0 Å². The molecule has 3 aliphatic rings. The minimum Gasteiger partial charge on any atom is -0.321 e. The lowest BCUT2D eigenvalue weighted by Crippen LogP contribution is -2.44. The van der Waals surface area contributed by atoms with Crippen molar-refractivity contribution in [3.8, 4) is 11.8 Å². The number of rotatable bonds is 7. The molecule has 2 aromatic carbocycles. The Morgan fingerprint density at radius 3 is 2.46 bits per heavy atom. The molecule has 3 fully saturated rings. The van der Waals surface area contributed by atoms with E-state index in [2.05, 4.69) is 32.4 Å². The lowest BCUT2D eigenvalue weighted by molar-refractivity contribution is -0.141. The van der Waals surface area contributed by atoms with Crippen LogP contribution in [-0.4, -0.2) is 66.2 Å². The second-order valence-corrected chi connectivity index (χ2v) is 15.5. The molecule has 1 atom stereocenters. The quantitative estimate of drug-likeness (QED) is 0.148. The summed E-state index contributed by atoms with van der Waals surface area (Å²) in [6.07, 6.45) is 5.65. The van der Waals surface area contributed by atoms with Crippen LogP contribution in [0.4, 0.5) is 18.9 Å². The van der Waals surface area contributed by atoms with Gasteiger partial charge in [0.1, 0.15) is 17.4 Å². The fraction of sp³-hybridized carbons (Fsp3) is 0.429. The predicted octanol–water partition coefficient (Wildman–Crippen LogP) is 6.22. The standard InChI is InChI=1S/C42H43F3N8O4/c1-50-38-28(5-2-8-34(38)53(41(50)57)35-16-17-37(54)48-40(35)56)6-4-20-51-21-18-27(19-22-51)23-26-10-13-31(14-11-26)52-25-29-24-30(12-15-32(29)49-52)46-39(55)33-7-3-9-36(47-33)42(43,44)45/h2-3,5,7-9,12,15,24-27,31,35H,10-11,13-14,16-23H2,1H3,(H,46,55)(H,48,54,56). The van der Waals surface area contributed by atoms with Gasteiger partial charge in [-0.15, -0.1) is 0 Å². The minimum absolute atomic E-state index is 0.190. The zero-order valence-electron chi connectivity index (χ0n) is 31.5. The smallest absolute Gasteiger partial charge is 0.321 e. The van der Waals surface area contributed by atoms with Gasteiger partial charge in [-0.25, -0.2) is 9.78 Å². The van der Waals surface area contributed by atoms with Gasteiger partial charge in [-0.05, 0) is 119 Å². The Morgan fingerprint density at radius 2 is 1.70 bits per heavy atom. The highest BCUT2D eigenvalue weighted by Crippen LogP contribution is 2.38. The predicted molar refractivity (Wildman–Crippen MR) is 207 cm³/mol. The molecule has 8 rings (SSSR count). The first-order valence-electron chi connectivity index (χ1n) is 19.5. The van der Waals surface area contributed by atoms with Crippen LogP contribution in [0.25, 0.3) is 21.9 Å². The summed E-state index contributed by atoms with van der Waals surface area (Å²) in [7, 11) is 1.69. The van der Waals surface area contributed by atoms with Gasteiger partial charge in [-0.3, -0.25) is 38.4 Å². The summed E-state index contributed by atoms with van der Waals surface area (Å²) < 4.78 is 44.3. The Morgan fingerprint density at radius 1 is 0.947 bits per heavy atom. The van der Waals surface area contributed by atoms with Crippen molar-refractivity contribution < 1.29 is 27.6 Å². The van der Waals surface area contributed by atoms with Crippen molar-refractivity contribution in [2.24, 2.45) is 18.9 Å². The van der Waals surface area contributed by atoms with Crippen LogP contribution in [0.5, 0.6) is 0 Å². The number of hydrogen-bond acceptors (Lipinski definition) is 7. The Hall–Kier alpha value is -5.75. The van der Waals surface area contributed by atoms with E-state index in [-0.39, 0.29) is 36.2 Å². The molecule has 1 unspecified atom stereocenters. The average molecular weight is 781 g/mol. The number of alkyl halides is 3. The van der Waals surface area contributed by atoms with Crippen LogP contribution in [-0.2, 0) is 22.8 Å². The maximum absolute atomic E-state index is 13.2. The highest BCUT2D eigenvalue weighted by Gasteiger charge is 2.34. The van der Waals surface area contributed by atoms with Crippen LogP contribution >= 0.6 is 0 Å². The van der Waals surface area contributed by atoms with Crippen LogP contribution in [0.2, 0.25) is 0 Å². The number of hydrogen-bond donors (Lipinski definition) is 2. The average Bonchev–Trinajstić information content (AvgIpc) is 3.73. The van der Waals surface area contributed by atoms with Crippen molar-refractivity contribution in [1.82, 2.24) is 34.1 Å². The molecule has 0 radical (unpaired) electrons. The Kier molecular flexibility index (Phi) is 10.5. The molecule has 5 heterocycles. The van der Waals surface area contributed by atoms with Gasteiger partial charge in [0.2, 0.25) is 11.8 Å². The highest BCUT2D eigenvalue weighted by molar-refractivity contribution is 6.04. The van der Waals surface area contributed by atoms with E-state index in [0.717, 1.165) is 74.1 Å². The topological polar surface area (TPSA) is 136 Å². The second-order valence-electron chi connectivity index (χ2n) is 15.5. The SMILES string of the molecule is Cn1c(=O)n(C2CCC(=O)NC2=O)c2cccc(C#CCN3CCC(CC4CCC(n5cc6cc(NC(=O)c7cccc(C(F)(F)F)n7)ccc6n5)CC4)CC3)c21. The number of para-hydroxylation sites is 1. The maximum Gasteiger partial charge on any atom is 0.433 e. The van der Waals surface area contributed by atoms with Gasteiger partial charge < -0.3 is 5.32 Å². The molecule has 0 bridgehead atoms. The van der Waals surface area contributed by atoms with Gasteiger partial charge in [0.25, 0.3) is 5.91 Å². The number of piperidine rings is 2. The van der Waals surface area contributed by atoms with Gasteiger partial charge in [0, 0.05) is 30.7 Å². The molecule has 296 valence electrons. The zero-order valence-corrected chi connectivity index (χ0v) is 31.5. The van der Waals surface area contributed by atoms with E-state index in [9.17, 15) is 32.3 Å². The number of benzene rings is 2. The molecule has 2 aliphatic heterocycles. The summed E-state index contributed by atoms with van der Waals surface area (Å²) in [5, 5.41) is 10.7. The summed E-state index contributed by atoms with van der Waals surface area (Å²) in [5.41, 5.74) is 1.56. The van der Waals surface area contributed by atoms with Crippen molar-refractivity contribution in [2.75, 3.05) is 25.0 Å². The third-order valence-electron chi connectivity index (χ3n) is 11.8. The first-order valence-corrected chi connectivity index (χ1v) is 19.5. The molecular weight excluding hydrogens is 738 g/mol. The number of fused-ring (bicyclic) bond motifs is 2. The summed E-state index contributed by atoms with van der Waals surface area (Å²) in [4.78, 5) is 56.1. The number of aryl methyl sites for hydroxylation is 1. The zero-order chi connectivity index (χ0) is 39.8. The van der Waals surface area contributed by atoms with E-state index in [1.165, 1.54) is 27.7 Å². The Bertz CT molecular complexity index is 2480. The fourth-order valence-electron chi connectivity index (χ4n) is 8.74. The van der Waals surface area contributed by atoms with Gasteiger partial charge >= 0.3 is 11.9 Å². The highest BCUT2D eigenvalue weighted by atomic mass is 19.4. The number of amides is 3. The third kappa shape index (κ3) is 8.09. The van der Waals surface area contributed by atoms with Crippen LogP contribution in [0, 0.1) is 23.7 Å². The molecule has 5 aromatic rings. The van der Waals surface area contributed by atoms with Crippen LogP contribution in [0.1, 0.15) is 91.6 Å². The Labute approximate surface area is 326 Å². The van der Waals surface area contributed by atoms with Gasteiger partial charge in [-0.1, -0.05) is 24.0 Å². The molecule has 2 N–H and O–H groups in total. The first-order chi connectivity index (χ1) is 27.4. The van der Waals surface area contributed by atoms with E-state index < -0.39 is 29.7 Å². The van der Waals surface area contributed by atoms with Gasteiger partial charge in [-0.2, -0.15) is 18.3 Å². The number of nitrogens with one attached hydrogen (secondary N) is 2. The second kappa shape index (κ2) is 15.7. The van der Waals surface area contributed by atoms with Gasteiger partial charge in [0.15, 0.2) is 0 Å². The number of anilines is 1. The lowest BCUT2D eigenvalue weighted by atomic mass is 9.78. The summed E-state index contributed by atoms with van der Waals surface area (Å²) in [6, 6.07) is 13.6. The van der Waals surface area contributed by atoms with Crippen molar-refractivity contribution in [1.29, 1.82) is 0 Å². The molecule has 15 heteroatoms. The largest absolute Gasteiger partial charge is 0.433 e. The molecule has 2 saturated heterocycles. The number of likely N-dealkylation sites (tertiary alicyclic amines) is 1. The maximum atomic E-state index is 13.2. The monoisotopic (exact) mass is 780 g/mol. The van der Waals surface area contributed by atoms with E-state index in [4.69, 9.17) is 5.10 Å². The molecule has 1 saturated carbocycles. The Balaban J connectivity index is 0.811. The molecule has 57 heavy (non-hydrogen) atoms. The van der Waals surface area contributed by atoms with E-state index in [1.54, 1.807) is 25.2 Å². The van der Waals surface area contributed by atoms with Crippen molar-refractivity contribution >= 4 is 45.3 Å². The summed E-state index contributed by atoms with van der Waals surface area (Å²) in [5.74, 6) is 6.47. The molecule has 1 aliphatic carbocycles. The number of aromatic nitrogens is 5. The number of carbonyl (C=O) groups is 3. The number of imidazole rings is 1. The van der Waals surface area contributed by atoms with E-state index in [1.807, 2.05) is 29.1 Å². The fourth-order valence-corrected chi connectivity index (χ4v) is 8.74. The number of pyridine rings is 1. The van der Waals surface area contributed by atoms with Crippen LogP contribution < -0.4 is 16.3 Å². The summed E-state index contributed by atoms with van der Waals surface area (Å²) in [6.45, 7) is 2.61. The van der Waals surface area contributed by atoms with Crippen molar-refractivity contribution in [3.63, 3.8) is 0 Å². The van der Waals surface area contributed by atoms with Crippen molar-refractivity contribution in [3.05, 3.63) is 88.2 Å². The number of carbonyl (C=O) groups excluding carboxylic acids is 3. The number of imide groups is 1. The third-order valence-corrected chi connectivity index (χ3v) is 11.8. The van der Waals surface area contributed by atoms with E-state index >= 15 is 0 Å². The van der Waals surface area contributed by atoms with E-state index in [0.29, 0.717) is 35.1 Å². The van der Waals surface area contributed by atoms with Crippen LogP contribution in [0.15, 0.2) is 65.6 Å². The molecule has 12 nitrogen and oxygen atoms in total. The summed E-state index contributed by atoms with van der Waals surface area (Å²) >= 11 is 0. The molecule has 3 amide bonds. The van der Waals surface area contributed by atoms with Crippen LogP contribution in [0.3, 0.4) is 0 Å². The lowest BCUT2D eigenvalue weighted by Gasteiger charge is -2.35. The molecule has 3 aromatic heterocycles.